The maximum absolute atomic E-state index is 5.86. The summed E-state index contributed by atoms with van der Waals surface area (Å²) in [7, 11) is 1.80. The lowest BCUT2D eigenvalue weighted by Crippen LogP contribution is -2.48. The number of anilines is 1. The van der Waals surface area contributed by atoms with Gasteiger partial charge in [-0.2, -0.15) is 0 Å². The average molecular weight is 554 g/mol. The Balaban J connectivity index is 0.00000363. The molecule has 3 rings (SSSR count). The molecule has 1 aliphatic rings. The Morgan fingerprint density at radius 1 is 1.06 bits per heavy atom. The number of rotatable bonds is 4. The zero-order valence-electron chi connectivity index (χ0n) is 20.7. The number of oxazole rings is 1. The third kappa shape index (κ3) is 7.12. The van der Waals surface area contributed by atoms with Gasteiger partial charge in [0, 0.05) is 37.3 Å². The molecule has 1 aromatic carbocycles. The maximum atomic E-state index is 5.86. The van der Waals surface area contributed by atoms with Gasteiger partial charge in [-0.05, 0) is 36.0 Å². The first-order valence-electron chi connectivity index (χ1n) is 11.3. The topological polar surface area (TPSA) is 65.7 Å². The van der Waals surface area contributed by atoms with E-state index in [4.69, 9.17) is 4.42 Å². The smallest absolute Gasteiger partial charge is 0.213 e. The quantitative estimate of drug-likeness (QED) is 0.309. The van der Waals surface area contributed by atoms with Crippen LogP contribution in [0.25, 0.3) is 0 Å². The number of nitrogens with one attached hydrogen (secondary N) is 2. The van der Waals surface area contributed by atoms with Crippen LogP contribution in [0.2, 0.25) is 0 Å². The highest BCUT2D eigenvalue weighted by molar-refractivity contribution is 14.0. The van der Waals surface area contributed by atoms with Crippen LogP contribution in [0.15, 0.2) is 39.9 Å². The van der Waals surface area contributed by atoms with Crippen molar-refractivity contribution in [3.05, 3.63) is 47.7 Å². The Kier molecular flexibility index (Phi) is 9.02. The summed E-state index contributed by atoms with van der Waals surface area (Å²) in [6.45, 7) is 15.7. The molecule has 1 aliphatic heterocycles. The molecule has 2 heterocycles. The van der Waals surface area contributed by atoms with Gasteiger partial charge in [0.05, 0.1) is 12.7 Å². The molecule has 1 aromatic heterocycles. The van der Waals surface area contributed by atoms with Gasteiger partial charge in [-0.1, -0.05) is 53.7 Å². The van der Waals surface area contributed by atoms with Crippen LogP contribution in [-0.4, -0.2) is 37.1 Å². The number of benzene rings is 1. The van der Waals surface area contributed by atoms with Crippen LogP contribution >= 0.6 is 24.0 Å². The summed E-state index contributed by atoms with van der Waals surface area (Å²) < 4.78 is 5.86. The average Bonchev–Trinajstić information content (AvgIpc) is 3.21. The Bertz CT molecular complexity index is 869. The number of hydrogen-bond acceptors (Lipinski definition) is 4. The van der Waals surface area contributed by atoms with E-state index in [1.54, 1.807) is 7.05 Å². The Hall–Kier alpha value is -1.77. The molecular weight excluding hydrogens is 513 g/mol. The summed E-state index contributed by atoms with van der Waals surface area (Å²) in [6.07, 6.45) is 3.97. The van der Waals surface area contributed by atoms with Crippen LogP contribution in [-0.2, 0) is 17.4 Å². The highest BCUT2D eigenvalue weighted by Gasteiger charge is 2.22. The van der Waals surface area contributed by atoms with Gasteiger partial charge < -0.3 is 20.0 Å². The Morgan fingerprint density at radius 2 is 1.69 bits per heavy atom. The molecule has 6 nitrogen and oxygen atoms in total. The second-order valence-electron chi connectivity index (χ2n) is 10.5. The zero-order chi connectivity index (χ0) is 22.6. The maximum Gasteiger partial charge on any atom is 0.213 e. The predicted molar refractivity (Wildman–Crippen MR) is 144 cm³/mol. The standard InChI is InChI=1S/C25H39N5O.HI/c1-24(2,3)18-8-10-20(11-9-18)30-14-12-19(13-15-30)29-23(26-7)28-17-22-27-16-21(31-22)25(4,5)6;/h8-11,16,19H,12-15,17H2,1-7H3,(H2,26,28,29);1H. The molecule has 1 saturated heterocycles. The van der Waals surface area contributed by atoms with E-state index in [0.29, 0.717) is 18.5 Å². The third-order valence-corrected chi connectivity index (χ3v) is 5.86. The minimum atomic E-state index is -0.0355. The minimum Gasteiger partial charge on any atom is -0.443 e. The summed E-state index contributed by atoms with van der Waals surface area (Å²) in [4.78, 5) is 11.2. The monoisotopic (exact) mass is 553 g/mol. The van der Waals surface area contributed by atoms with Gasteiger partial charge in [-0.3, -0.25) is 4.99 Å². The number of aliphatic imine (C=N–C) groups is 1. The lowest BCUT2D eigenvalue weighted by Gasteiger charge is -2.35. The predicted octanol–water partition coefficient (Wildman–Crippen LogP) is 5.22. The molecular formula is C25H40IN5O. The SMILES string of the molecule is CN=C(NCc1ncc(C(C)(C)C)o1)NC1CCN(c2ccc(C(C)(C)C)cc2)CC1.I. The fraction of sp³-hybridized carbons (Fsp3) is 0.600. The zero-order valence-corrected chi connectivity index (χ0v) is 23.0. The first kappa shape index (κ1) is 26.5. The number of piperidine rings is 1. The van der Waals surface area contributed by atoms with E-state index in [9.17, 15) is 0 Å². The molecule has 0 radical (unpaired) electrons. The van der Waals surface area contributed by atoms with Crippen molar-refractivity contribution in [2.24, 2.45) is 4.99 Å². The van der Waals surface area contributed by atoms with Gasteiger partial charge in [-0.15, -0.1) is 24.0 Å². The third-order valence-electron chi connectivity index (χ3n) is 5.86. The van der Waals surface area contributed by atoms with E-state index in [1.807, 2.05) is 6.20 Å². The van der Waals surface area contributed by atoms with E-state index in [0.717, 1.165) is 37.7 Å². The molecule has 2 N–H and O–H groups in total. The van der Waals surface area contributed by atoms with Crippen molar-refractivity contribution < 1.29 is 4.42 Å². The van der Waals surface area contributed by atoms with Crippen LogP contribution in [0, 0.1) is 0 Å². The van der Waals surface area contributed by atoms with E-state index in [-0.39, 0.29) is 34.8 Å². The van der Waals surface area contributed by atoms with Crippen LogP contribution in [0.4, 0.5) is 5.69 Å². The number of nitrogens with zero attached hydrogens (tertiary/aromatic N) is 3. The van der Waals surface area contributed by atoms with E-state index in [2.05, 4.69) is 91.3 Å². The van der Waals surface area contributed by atoms with Crippen LogP contribution in [0.3, 0.4) is 0 Å². The minimum absolute atomic E-state index is 0. The molecule has 32 heavy (non-hydrogen) atoms. The molecule has 2 aromatic rings. The summed E-state index contributed by atoms with van der Waals surface area (Å²) in [5.41, 5.74) is 2.85. The van der Waals surface area contributed by atoms with Gasteiger partial charge >= 0.3 is 0 Å². The largest absolute Gasteiger partial charge is 0.443 e. The lowest BCUT2D eigenvalue weighted by atomic mass is 9.87. The van der Waals surface area contributed by atoms with Crippen molar-refractivity contribution in [2.75, 3.05) is 25.0 Å². The number of aromatic nitrogens is 1. The van der Waals surface area contributed by atoms with Gasteiger partial charge in [0.1, 0.15) is 5.76 Å². The fourth-order valence-electron chi connectivity index (χ4n) is 3.74. The highest BCUT2D eigenvalue weighted by atomic mass is 127. The number of hydrogen-bond donors (Lipinski definition) is 2. The summed E-state index contributed by atoms with van der Waals surface area (Å²) in [6, 6.07) is 9.46. The Morgan fingerprint density at radius 3 is 2.19 bits per heavy atom. The van der Waals surface area contributed by atoms with E-state index < -0.39 is 0 Å². The molecule has 0 bridgehead atoms. The molecule has 0 saturated carbocycles. The van der Waals surface area contributed by atoms with Crippen molar-refractivity contribution in [2.45, 2.75) is 77.8 Å². The van der Waals surface area contributed by atoms with Crippen molar-refractivity contribution in [3.63, 3.8) is 0 Å². The second-order valence-corrected chi connectivity index (χ2v) is 10.5. The number of halogens is 1. The molecule has 1 fully saturated rings. The lowest BCUT2D eigenvalue weighted by molar-refractivity contribution is 0.379. The van der Waals surface area contributed by atoms with Crippen molar-refractivity contribution in [1.29, 1.82) is 0 Å². The van der Waals surface area contributed by atoms with E-state index in [1.165, 1.54) is 11.3 Å². The van der Waals surface area contributed by atoms with Crippen LogP contribution in [0.5, 0.6) is 0 Å². The highest BCUT2D eigenvalue weighted by Crippen LogP contribution is 2.26. The molecule has 7 heteroatoms. The summed E-state index contributed by atoms with van der Waals surface area (Å²) in [5.74, 6) is 2.38. The van der Waals surface area contributed by atoms with E-state index >= 15 is 0 Å². The van der Waals surface area contributed by atoms with Gasteiger partial charge in [-0.25, -0.2) is 4.98 Å². The van der Waals surface area contributed by atoms with Crippen molar-refractivity contribution in [1.82, 2.24) is 15.6 Å². The van der Waals surface area contributed by atoms with Gasteiger partial charge in [0.25, 0.3) is 0 Å². The Labute approximate surface area is 210 Å². The fourth-order valence-corrected chi connectivity index (χ4v) is 3.74. The number of guanidine groups is 1. The first-order valence-corrected chi connectivity index (χ1v) is 11.3. The van der Waals surface area contributed by atoms with Crippen LogP contribution in [0.1, 0.15) is 71.6 Å². The van der Waals surface area contributed by atoms with Crippen molar-refractivity contribution in [3.8, 4) is 0 Å². The second kappa shape index (κ2) is 10.9. The van der Waals surface area contributed by atoms with Gasteiger partial charge in [0.15, 0.2) is 5.96 Å². The molecule has 0 aliphatic carbocycles. The molecule has 178 valence electrons. The first-order chi connectivity index (χ1) is 14.6. The summed E-state index contributed by atoms with van der Waals surface area (Å²) >= 11 is 0. The molecule has 0 amide bonds. The molecule has 0 atom stereocenters. The molecule has 0 spiro atoms. The normalized spacial score (nSPS) is 16.0. The van der Waals surface area contributed by atoms with Crippen LogP contribution < -0.4 is 15.5 Å². The molecule has 0 unspecified atom stereocenters. The van der Waals surface area contributed by atoms with Gasteiger partial charge in [0.2, 0.25) is 5.89 Å². The summed E-state index contributed by atoms with van der Waals surface area (Å²) in [5, 5.41) is 6.89. The van der Waals surface area contributed by atoms with Crippen molar-refractivity contribution >= 4 is 35.6 Å².